The number of nitrogen functional groups attached to an aromatic ring is 1. The second-order valence-corrected chi connectivity index (χ2v) is 3.69. The van der Waals surface area contributed by atoms with Gasteiger partial charge in [-0.3, -0.25) is 0 Å². The summed E-state index contributed by atoms with van der Waals surface area (Å²) in [5, 5.41) is 3.14. The van der Waals surface area contributed by atoms with Crippen molar-refractivity contribution in [3.8, 4) is 0 Å². The molecular weight excluding hydrogens is 192 g/mol. The summed E-state index contributed by atoms with van der Waals surface area (Å²) in [6.07, 6.45) is 6.97. The number of anilines is 2. The van der Waals surface area contributed by atoms with E-state index in [4.69, 9.17) is 10.5 Å². The molecule has 1 fully saturated rings. The van der Waals surface area contributed by atoms with Gasteiger partial charge in [-0.25, -0.2) is 9.97 Å². The molecule has 5 heteroatoms. The van der Waals surface area contributed by atoms with E-state index < -0.39 is 0 Å². The standard InChI is InChI=1S/C10H16N4O/c11-8-6-13-10(14-7-8)12-4-3-9-2-1-5-15-9/h6-7,9H,1-5,11H2,(H,12,13,14). The van der Waals surface area contributed by atoms with E-state index >= 15 is 0 Å². The molecular formula is C10H16N4O. The molecule has 1 aliphatic rings. The first-order valence-electron chi connectivity index (χ1n) is 5.27. The first-order chi connectivity index (χ1) is 7.34. The van der Waals surface area contributed by atoms with Gasteiger partial charge in [-0.1, -0.05) is 0 Å². The maximum Gasteiger partial charge on any atom is 0.222 e. The quantitative estimate of drug-likeness (QED) is 0.773. The number of nitrogens with zero attached hydrogens (tertiary/aromatic N) is 2. The average molecular weight is 208 g/mol. The Morgan fingerprint density at radius 3 is 2.93 bits per heavy atom. The van der Waals surface area contributed by atoms with Gasteiger partial charge < -0.3 is 15.8 Å². The first-order valence-corrected chi connectivity index (χ1v) is 5.27. The van der Waals surface area contributed by atoms with Crippen molar-refractivity contribution >= 4 is 11.6 Å². The third kappa shape index (κ3) is 3.06. The highest BCUT2D eigenvalue weighted by atomic mass is 16.5. The fourth-order valence-corrected chi connectivity index (χ4v) is 1.65. The topological polar surface area (TPSA) is 73.1 Å². The van der Waals surface area contributed by atoms with E-state index in [1.807, 2.05) is 0 Å². The van der Waals surface area contributed by atoms with E-state index in [9.17, 15) is 0 Å². The van der Waals surface area contributed by atoms with Crippen LogP contribution in [0.4, 0.5) is 11.6 Å². The smallest absolute Gasteiger partial charge is 0.222 e. The Bertz CT molecular complexity index is 295. The number of aromatic nitrogens is 2. The van der Waals surface area contributed by atoms with E-state index in [-0.39, 0.29) is 0 Å². The molecule has 0 radical (unpaired) electrons. The van der Waals surface area contributed by atoms with Gasteiger partial charge in [0.15, 0.2) is 0 Å². The lowest BCUT2D eigenvalue weighted by molar-refractivity contribution is 0.107. The van der Waals surface area contributed by atoms with Gasteiger partial charge in [-0.15, -0.1) is 0 Å². The molecule has 0 bridgehead atoms. The van der Waals surface area contributed by atoms with Crippen molar-refractivity contribution in [3.63, 3.8) is 0 Å². The van der Waals surface area contributed by atoms with Crippen LogP contribution in [0.15, 0.2) is 12.4 Å². The number of nitrogens with one attached hydrogen (secondary N) is 1. The predicted molar refractivity (Wildman–Crippen MR) is 58.5 cm³/mol. The molecule has 1 saturated heterocycles. The predicted octanol–water partition coefficient (Wildman–Crippen LogP) is 1.04. The van der Waals surface area contributed by atoms with Crippen LogP contribution in [-0.4, -0.2) is 29.2 Å². The molecule has 3 N–H and O–H groups in total. The maximum atomic E-state index is 5.51. The van der Waals surface area contributed by atoms with Crippen LogP contribution in [0.2, 0.25) is 0 Å². The Hall–Kier alpha value is -1.36. The summed E-state index contributed by atoms with van der Waals surface area (Å²) in [4.78, 5) is 8.11. The molecule has 0 aliphatic carbocycles. The summed E-state index contributed by atoms with van der Waals surface area (Å²) >= 11 is 0. The SMILES string of the molecule is Nc1cnc(NCCC2CCCO2)nc1. The summed E-state index contributed by atoms with van der Waals surface area (Å²) in [5.74, 6) is 0.627. The number of nitrogens with two attached hydrogens (primary N) is 1. The van der Waals surface area contributed by atoms with E-state index in [0.717, 1.165) is 19.6 Å². The van der Waals surface area contributed by atoms with Gasteiger partial charge in [-0.2, -0.15) is 0 Å². The number of rotatable bonds is 4. The highest BCUT2D eigenvalue weighted by molar-refractivity contribution is 5.35. The van der Waals surface area contributed by atoms with E-state index in [1.165, 1.54) is 12.8 Å². The minimum atomic E-state index is 0.409. The molecule has 2 rings (SSSR count). The second kappa shape index (κ2) is 4.93. The molecule has 0 aromatic carbocycles. The lowest BCUT2D eigenvalue weighted by Gasteiger charge is -2.09. The van der Waals surface area contributed by atoms with Crippen LogP contribution >= 0.6 is 0 Å². The Morgan fingerprint density at radius 2 is 2.27 bits per heavy atom. The van der Waals surface area contributed by atoms with Crippen LogP contribution in [0, 0.1) is 0 Å². The summed E-state index contributed by atoms with van der Waals surface area (Å²) in [7, 11) is 0. The molecule has 2 heterocycles. The second-order valence-electron chi connectivity index (χ2n) is 3.69. The summed E-state index contributed by atoms with van der Waals surface area (Å²) in [6, 6.07) is 0. The maximum absolute atomic E-state index is 5.51. The van der Waals surface area contributed by atoms with Crippen LogP contribution in [0.25, 0.3) is 0 Å². The Morgan fingerprint density at radius 1 is 1.47 bits per heavy atom. The summed E-state index contributed by atoms with van der Waals surface area (Å²) in [5.41, 5.74) is 6.07. The largest absolute Gasteiger partial charge is 0.396 e. The van der Waals surface area contributed by atoms with Gasteiger partial charge >= 0.3 is 0 Å². The molecule has 82 valence electrons. The number of hydrogen-bond donors (Lipinski definition) is 2. The first kappa shape index (κ1) is 10.2. The zero-order chi connectivity index (χ0) is 10.5. The van der Waals surface area contributed by atoms with Crippen molar-refractivity contribution in [2.24, 2.45) is 0 Å². The van der Waals surface area contributed by atoms with Crippen molar-refractivity contribution in [3.05, 3.63) is 12.4 Å². The average Bonchev–Trinajstić information content (AvgIpc) is 2.74. The molecule has 1 atom stereocenters. The van der Waals surface area contributed by atoms with Crippen LogP contribution < -0.4 is 11.1 Å². The normalized spacial score (nSPS) is 20.4. The van der Waals surface area contributed by atoms with Crippen molar-refractivity contribution in [1.29, 1.82) is 0 Å². The zero-order valence-corrected chi connectivity index (χ0v) is 8.65. The van der Waals surface area contributed by atoms with Crippen LogP contribution in [-0.2, 0) is 4.74 Å². The van der Waals surface area contributed by atoms with Crippen LogP contribution in [0.1, 0.15) is 19.3 Å². The lowest BCUT2D eigenvalue weighted by Crippen LogP contribution is -2.13. The van der Waals surface area contributed by atoms with Gasteiger partial charge in [0, 0.05) is 13.2 Å². The van der Waals surface area contributed by atoms with Crippen molar-refractivity contribution in [2.45, 2.75) is 25.4 Å². The van der Waals surface area contributed by atoms with Crippen molar-refractivity contribution in [1.82, 2.24) is 9.97 Å². The lowest BCUT2D eigenvalue weighted by atomic mass is 10.2. The Labute approximate surface area is 89.1 Å². The van der Waals surface area contributed by atoms with Gasteiger partial charge in [-0.05, 0) is 19.3 Å². The van der Waals surface area contributed by atoms with Gasteiger partial charge in [0.05, 0.1) is 24.2 Å². The molecule has 1 aromatic rings. The molecule has 0 amide bonds. The Kier molecular flexibility index (Phi) is 3.34. The minimum absolute atomic E-state index is 0.409. The van der Waals surface area contributed by atoms with Gasteiger partial charge in [0.25, 0.3) is 0 Å². The fourth-order valence-electron chi connectivity index (χ4n) is 1.65. The molecule has 5 nitrogen and oxygen atoms in total. The van der Waals surface area contributed by atoms with E-state index in [2.05, 4.69) is 15.3 Å². The molecule has 1 aliphatic heterocycles. The summed E-state index contributed by atoms with van der Waals surface area (Å²) in [6.45, 7) is 1.75. The summed E-state index contributed by atoms with van der Waals surface area (Å²) < 4.78 is 5.51. The number of ether oxygens (including phenoxy) is 1. The fraction of sp³-hybridized carbons (Fsp3) is 0.600. The molecule has 15 heavy (non-hydrogen) atoms. The van der Waals surface area contributed by atoms with Gasteiger partial charge in [0.2, 0.25) is 5.95 Å². The van der Waals surface area contributed by atoms with Crippen molar-refractivity contribution < 1.29 is 4.74 Å². The van der Waals surface area contributed by atoms with E-state index in [0.29, 0.717) is 17.7 Å². The zero-order valence-electron chi connectivity index (χ0n) is 8.65. The molecule has 1 unspecified atom stereocenters. The third-order valence-corrected chi connectivity index (χ3v) is 2.45. The monoisotopic (exact) mass is 208 g/mol. The molecule has 1 aromatic heterocycles. The third-order valence-electron chi connectivity index (χ3n) is 2.45. The Balaban J connectivity index is 1.71. The van der Waals surface area contributed by atoms with Crippen molar-refractivity contribution in [2.75, 3.05) is 24.2 Å². The highest BCUT2D eigenvalue weighted by Crippen LogP contribution is 2.14. The van der Waals surface area contributed by atoms with Gasteiger partial charge in [0.1, 0.15) is 0 Å². The van der Waals surface area contributed by atoms with Crippen LogP contribution in [0.5, 0.6) is 0 Å². The van der Waals surface area contributed by atoms with E-state index in [1.54, 1.807) is 12.4 Å². The molecule has 0 saturated carbocycles. The van der Waals surface area contributed by atoms with Crippen LogP contribution in [0.3, 0.4) is 0 Å². The minimum Gasteiger partial charge on any atom is -0.396 e. The number of hydrogen-bond acceptors (Lipinski definition) is 5. The molecule has 0 spiro atoms. The highest BCUT2D eigenvalue weighted by Gasteiger charge is 2.14.